The molecule has 0 heterocycles. The first kappa shape index (κ1) is 25.2. The first-order valence-corrected chi connectivity index (χ1v) is 13.3. The van der Waals surface area contributed by atoms with Gasteiger partial charge in [0.25, 0.3) is 5.91 Å². The molecule has 0 atom stereocenters. The molecule has 0 spiro atoms. The van der Waals surface area contributed by atoms with Gasteiger partial charge in [0.15, 0.2) is 0 Å². The van der Waals surface area contributed by atoms with Crippen molar-refractivity contribution in [3.8, 4) is 5.75 Å². The number of hydrogen-bond donors (Lipinski definition) is 1. The van der Waals surface area contributed by atoms with Crippen molar-refractivity contribution in [2.75, 3.05) is 17.1 Å². The summed E-state index contributed by atoms with van der Waals surface area (Å²) in [5, 5.41) is 6.72. The normalized spacial score (nSPS) is 11.5. The number of ether oxygens (including phenoxy) is 1. The van der Waals surface area contributed by atoms with Gasteiger partial charge in [-0.05, 0) is 70.4 Å². The fourth-order valence-corrected chi connectivity index (χ4v) is 4.56. The molecule has 0 aliphatic heterocycles. The lowest BCUT2D eigenvalue weighted by molar-refractivity contribution is -0.119. The first-order valence-electron chi connectivity index (χ1n) is 11.0. The number of hydrogen-bond acceptors (Lipinski definition) is 5. The Morgan fingerprint density at radius 1 is 0.972 bits per heavy atom. The van der Waals surface area contributed by atoms with Crippen LogP contribution in [0.1, 0.15) is 11.1 Å². The summed E-state index contributed by atoms with van der Waals surface area (Å²) in [7, 11) is -3.68. The van der Waals surface area contributed by atoms with Crippen LogP contribution in [0.5, 0.6) is 5.75 Å². The van der Waals surface area contributed by atoms with Crippen molar-refractivity contribution in [2.24, 2.45) is 5.10 Å². The highest BCUT2D eigenvalue weighted by Gasteiger charge is 2.20. The second kappa shape index (κ2) is 11.2. The maximum atomic E-state index is 12.3. The van der Waals surface area contributed by atoms with E-state index >= 15 is 0 Å². The smallest absolute Gasteiger partial charge is 0.260 e. The van der Waals surface area contributed by atoms with Crippen molar-refractivity contribution in [2.45, 2.75) is 6.61 Å². The van der Waals surface area contributed by atoms with E-state index in [0.29, 0.717) is 23.1 Å². The lowest BCUT2D eigenvalue weighted by Gasteiger charge is -2.21. The predicted octanol–water partition coefficient (Wildman–Crippen LogP) is 4.99. The Morgan fingerprint density at radius 3 is 2.39 bits per heavy atom. The van der Waals surface area contributed by atoms with E-state index in [4.69, 9.17) is 16.3 Å². The van der Waals surface area contributed by atoms with Gasteiger partial charge in [0.05, 0.1) is 18.2 Å². The van der Waals surface area contributed by atoms with E-state index in [0.717, 1.165) is 27.1 Å². The molecular formula is C27H24ClN3O4S. The zero-order chi connectivity index (χ0) is 25.5. The fourth-order valence-electron chi connectivity index (χ4n) is 3.58. The van der Waals surface area contributed by atoms with Crippen molar-refractivity contribution < 1.29 is 17.9 Å². The third-order valence-electron chi connectivity index (χ3n) is 5.36. The quantitative estimate of drug-likeness (QED) is 0.248. The van der Waals surface area contributed by atoms with Gasteiger partial charge < -0.3 is 4.74 Å². The van der Waals surface area contributed by atoms with Crippen molar-refractivity contribution >= 4 is 50.2 Å². The zero-order valence-electron chi connectivity index (χ0n) is 19.5. The van der Waals surface area contributed by atoms with Crippen LogP contribution >= 0.6 is 11.6 Å². The van der Waals surface area contributed by atoms with Gasteiger partial charge >= 0.3 is 0 Å². The monoisotopic (exact) mass is 521 g/mol. The highest BCUT2D eigenvalue weighted by atomic mass is 35.5. The summed E-state index contributed by atoms with van der Waals surface area (Å²) in [6.45, 7) is 0.0219. The number of rotatable bonds is 9. The van der Waals surface area contributed by atoms with Crippen LogP contribution in [0.3, 0.4) is 0 Å². The molecule has 0 bridgehead atoms. The number of carbonyl (C=O) groups excluding carboxylic acids is 1. The van der Waals surface area contributed by atoms with Gasteiger partial charge in [-0.25, -0.2) is 13.8 Å². The molecule has 0 saturated carbocycles. The van der Waals surface area contributed by atoms with Gasteiger partial charge in [-0.2, -0.15) is 5.10 Å². The van der Waals surface area contributed by atoms with Crippen LogP contribution in [-0.4, -0.2) is 33.3 Å². The SMILES string of the molecule is CS(=O)(=O)N(CC(=O)N/N=C\c1ccc(OCc2cccc3ccccc23)cc1)c1ccc(Cl)cc1. The number of sulfonamides is 1. The summed E-state index contributed by atoms with van der Waals surface area (Å²) in [6.07, 6.45) is 2.50. The van der Waals surface area contributed by atoms with Gasteiger partial charge in [-0.15, -0.1) is 0 Å². The molecule has 9 heteroatoms. The minimum atomic E-state index is -3.68. The average molecular weight is 522 g/mol. The van der Waals surface area contributed by atoms with E-state index in [1.54, 1.807) is 12.1 Å². The number of anilines is 1. The second-order valence-corrected chi connectivity index (χ2v) is 10.4. The number of fused-ring (bicyclic) bond motifs is 1. The van der Waals surface area contributed by atoms with Crippen LogP contribution in [0.4, 0.5) is 5.69 Å². The minimum Gasteiger partial charge on any atom is -0.489 e. The summed E-state index contributed by atoms with van der Waals surface area (Å²) in [5.41, 5.74) is 4.54. The molecule has 0 aliphatic rings. The summed E-state index contributed by atoms with van der Waals surface area (Å²) in [6, 6.07) is 27.7. The van der Waals surface area contributed by atoms with Gasteiger partial charge in [-0.1, -0.05) is 54.1 Å². The lowest BCUT2D eigenvalue weighted by Crippen LogP contribution is -2.38. The molecule has 0 saturated heterocycles. The van der Waals surface area contributed by atoms with Crippen LogP contribution in [0, 0.1) is 0 Å². The molecule has 0 aromatic heterocycles. The molecule has 0 radical (unpaired) electrons. The topological polar surface area (TPSA) is 88.1 Å². The molecule has 1 amide bonds. The number of hydrazone groups is 1. The Kier molecular flexibility index (Phi) is 7.87. The third-order valence-corrected chi connectivity index (χ3v) is 6.75. The third kappa shape index (κ3) is 6.62. The van der Waals surface area contributed by atoms with Crippen LogP contribution in [0.25, 0.3) is 10.8 Å². The molecule has 4 aromatic rings. The van der Waals surface area contributed by atoms with E-state index in [-0.39, 0.29) is 0 Å². The fraction of sp³-hybridized carbons (Fsp3) is 0.111. The van der Waals surface area contributed by atoms with Crippen molar-refractivity contribution in [3.05, 3.63) is 107 Å². The number of halogens is 1. The highest BCUT2D eigenvalue weighted by molar-refractivity contribution is 7.92. The number of nitrogens with one attached hydrogen (secondary N) is 1. The van der Waals surface area contributed by atoms with Gasteiger partial charge in [-0.3, -0.25) is 9.10 Å². The summed E-state index contributed by atoms with van der Waals surface area (Å²) >= 11 is 5.87. The van der Waals surface area contributed by atoms with Gasteiger partial charge in [0, 0.05) is 5.02 Å². The highest BCUT2D eigenvalue weighted by Crippen LogP contribution is 2.22. The lowest BCUT2D eigenvalue weighted by atomic mass is 10.1. The second-order valence-electron chi connectivity index (χ2n) is 8.04. The maximum Gasteiger partial charge on any atom is 0.260 e. The van der Waals surface area contributed by atoms with E-state index < -0.39 is 22.5 Å². The Morgan fingerprint density at radius 2 is 1.67 bits per heavy atom. The summed E-state index contributed by atoms with van der Waals surface area (Å²) in [4.78, 5) is 12.3. The maximum absolute atomic E-state index is 12.3. The van der Waals surface area contributed by atoms with Crippen LogP contribution in [0.15, 0.2) is 96.1 Å². The number of nitrogens with zero attached hydrogens (tertiary/aromatic N) is 2. The number of amides is 1. The molecule has 36 heavy (non-hydrogen) atoms. The molecule has 4 rings (SSSR count). The Hall–Kier alpha value is -3.88. The van der Waals surface area contributed by atoms with Crippen LogP contribution in [-0.2, 0) is 21.4 Å². The van der Waals surface area contributed by atoms with E-state index in [1.807, 2.05) is 48.5 Å². The van der Waals surface area contributed by atoms with Crippen molar-refractivity contribution in [3.63, 3.8) is 0 Å². The molecule has 0 fully saturated rings. The first-order chi connectivity index (χ1) is 17.3. The largest absolute Gasteiger partial charge is 0.489 e. The number of carbonyl (C=O) groups is 1. The number of benzene rings is 4. The van der Waals surface area contributed by atoms with E-state index in [1.165, 1.54) is 23.7 Å². The van der Waals surface area contributed by atoms with Crippen molar-refractivity contribution in [1.29, 1.82) is 0 Å². The molecule has 0 unspecified atom stereocenters. The Labute approximate surface area is 215 Å². The summed E-state index contributed by atoms with van der Waals surface area (Å²) < 4.78 is 31.2. The molecule has 0 aliphatic carbocycles. The molecule has 7 nitrogen and oxygen atoms in total. The molecular weight excluding hydrogens is 498 g/mol. The molecule has 4 aromatic carbocycles. The molecule has 184 valence electrons. The predicted molar refractivity (Wildman–Crippen MR) is 144 cm³/mol. The van der Waals surface area contributed by atoms with E-state index in [9.17, 15) is 13.2 Å². The molecule has 1 N–H and O–H groups in total. The van der Waals surface area contributed by atoms with Gasteiger partial charge in [0.1, 0.15) is 18.9 Å². The zero-order valence-corrected chi connectivity index (χ0v) is 21.0. The minimum absolute atomic E-state index is 0.333. The van der Waals surface area contributed by atoms with Crippen LogP contribution in [0.2, 0.25) is 5.02 Å². The van der Waals surface area contributed by atoms with Crippen LogP contribution < -0.4 is 14.5 Å². The Bertz CT molecular complexity index is 1480. The van der Waals surface area contributed by atoms with Gasteiger partial charge in [0.2, 0.25) is 10.0 Å². The van der Waals surface area contributed by atoms with E-state index in [2.05, 4.69) is 28.7 Å². The average Bonchev–Trinajstić information content (AvgIpc) is 2.87. The Balaban J connectivity index is 1.32. The van der Waals surface area contributed by atoms with Crippen molar-refractivity contribution in [1.82, 2.24) is 5.43 Å². The standard InChI is InChI=1S/C27H24ClN3O4S/c1-36(33,34)31(24-13-11-23(28)12-14-24)18-27(32)30-29-17-20-9-15-25(16-10-20)35-19-22-7-4-6-21-5-2-3-8-26(21)22/h2-17H,18-19H2,1H3,(H,30,32)/b29-17-. The summed E-state index contributed by atoms with van der Waals surface area (Å²) in [5.74, 6) is 0.123.